The summed E-state index contributed by atoms with van der Waals surface area (Å²) in [5, 5.41) is 9.77. The van der Waals surface area contributed by atoms with E-state index in [-0.39, 0.29) is 0 Å². The van der Waals surface area contributed by atoms with Crippen LogP contribution < -0.4 is 0 Å². The molecule has 0 saturated heterocycles. The molecule has 0 radical (unpaired) electrons. The molecule has 0 saturated carbocycles. The lowest BCUT2D eigenvalue weighted by molar-refractivity contribution is -0.134. The molecule has 0 unspecified atom stereocenters. The summed E-state index contributed by atoms with van der Waals surface area (Å²) in [5.74, 6) is 6.00. The van der Waals surface area contributed by atoms with Gasteiger partial charge in [0.15, 0.2) is 6.10 Å². The zero-order valence-corrected chi connectivity index (χ0v) is 11.2. The second-order valence-corrected chi connectivity index (χ2v) is 3.92. The molecule has 1 atom stereocenters. The minimum Gasteiger partial charge on any atom is -0.466 e. The van der Waals surface area contributed by atoms with Gasteiger partial charge in [-0.05, 0) is 24.6 Å². The van der Waals surface area contributed by atoms with Crippen molar-refractivity contribution in [2.75, 3.05) is 7.11 Å². The second-order valence-electron chi connectivity index (χ2n) is 3.92. The van der Waals surface area contributed by atoms with Crippen LogP contribution in [0.25, 0.3) is 6.08 Å². The van der Waals surface area contributed by atoms with Crippen molar-refractivity contribution < 1.29 is 19.1 Å². The van der Waals surface area contributed by atoms with Crippen LogP contribution in [0.3, 0.4) is 0 Å². The number of furan rings is 1. The van der Waals surface area contributed by atoms with E-state index in [2.05, 4.69) is 23.5 Å². The van der Waals surface area contributed by atoms with Gasteiger partial charge in [-0.25, -0.2) is 4.79 Å². The first-order valence-corrected chi connectivity index (χ1v) is 6.19. The summed E-state index contributed by atoms with van der Waals surface area (Å²) in [5.41, 5.74) is 0. The van der Waals surface area contributed by atoms with Crippen LogP contribution in [0, 0.1) is 11.8 Å². The Hall–Kier alpha value is -1.99. The number of ether oxygens (including phenoxy) is 1. The third kappa shape index (κ3) is 5.45. The lowest BCUT2D eigenvalue weighted by Gasteiger charge is -1.97. The maximum absolute atomic E-state index is 10.9. The standard InChI is InChI=1S/C15H18O4/c1-3-4-5-6-7-13(16)14-10-8-12(19-14)9-11-15(17)18-2/h8-11,13,16H,3-5H2,1-2H3/t13-/m0/s1. The first-order valence-electron chi connectivity index (χ1n) is 6.19. The zero-order valence-electron chi connectivity index (χ0n) is 11.2. The molecule has 1 N–H and O–H groups in total. The molecular weight excluding hydrogens is 244 g/mol. The SMILES string of the molecule is CCCCC#C[C@H](O)c1ccc(C=CC(=O)OC)o1. The Labute approximate surface area is 113 Å². The molecule has 0 aliphatic heterocycles. The van der Waals surface area contributed by atoms with Gasteiger partial charge in [-0.15, -0.1) is 5.92 Å². The van der Waals surface area contributed by atoms with Gasteiger partial charge in [0.25, 0.3) is 0 Å². The molecular formula is C15H18O4. The van der Waals surface area contributed by atoms with Gasteiger partial charge in [-0.2, -0.15) is 0 Å². The molecule has 1 aromatic heterocycles. The van der Waals surface area contributed by atoms with Crippen LogP contribution in [0.1, 0.15) is 43.8 Å². The van der Waals surface area contributed by atoms with Gasteiger partial charge in [0, 0.05) is 12.5 Å². The van der Waals surface area contributed by atoms with Crippen molar-refractivity contribution in [2.24, 2.45) is 0 Å². The molecule has 0 aliphatic rings. The van der Waals surface area contributed by atoms with Gasteiger partial charge < -0.3 is 14.3 Å². The van der Waals surface area contributed by atoms with Crippen molar-refractivity contribution in [1.82, 2.24) is 0 Å². The second kappa shape index (κ2) is 8.17. The molecule has 1 heterocycles. The van der Waals surface area contributed by atoms with E-state index >= 15 is 0 Å². The summed E-state index contributed by atoms with van der Waals surface area (Å²) < 4.78 is 9.81. The summed E-state index contributed by atoms with van der Waals surface area (Å²) in [6.07, 6.45) is 4.66. The zero-order chi connectivity index (χ0) is 14.1. The molecule has 0 fully saturated rings. The van der Waals surface area contributed by atoms with Crippen molar-refractivity contribution in [1.29, 1.82) is 0 Å². The Morgan fingerprint density at radius 3 is 3.05 bits per heavy atom. The Bertz CT molecular complexity index is 488. The first-order chi connectivity index (χ1) is 9.17. The van der Waals surface area contributed by atoms with E-state index in [9.17, 15) is 9.90 Å². The molecule has 0 spiro atoms. The summed E-state index contributed by atoms with van der Waals surface area (Å²) in [6, 6.07) is 3.29. The highest BCUT2D eigenvalue weighted by Crippen LogP contribution is 2.17. The molecule has 102 valence electrons. The lowest BCUT2D eigenvalue weighted by atomic mass is 10.2. The number of aliphatic hydroxyl groups is 1. The molecule has 4 nitrogen and oxygen atoms in total. The van der Waals surface area contributed by atoms with Crippen LogP contribution >= 0.6 is 0 Å². The van der Waals surface area contributed by atoms with Crippen LogP contribution in [0.2, 0.25) is 0 Å². The number of hydrogen-bond acceptors (Lipinski definition) is 4. The number of carbonyl (C=O) groups excluding carboxylic acids is 1. The third-order valence-corrected chi connectivity index (χ3v) is 2.40. The highest BCUT2D eigenvalue weighted by molar-refractivity contribution is 5.86. The minimum atomic E-state index is -0.933. The molecule has 19 heavy (non-hydrogen) atoms. The summed E-state index contributed by atoms with van der Waals surface area (Å²) in [7, 11) is 1.30. The Balaban J connectivity index is 2.60. The van der Waals surface area contributed by atoms with Crippen LogP contribution in [-0.2, 0) is 9.53 Å². The topological polar surface area (TPSA) is 59.7 Å². The normalized spacial score (nSPS) is 11.9. The van der Waals surface area contributed by atoms with Gasteiger partial charge in [0.2, 0.25) is 0 Å². The molecule has 0 bridgehead atoms. The van der Waals surface area contributed by atoms with E-state index in [1.807, 2.05) is 0 Å². The van der Waals surface area contributed by atoms with Gasteiger partial charge in [-0.1, -0.05) is 19.3 Å². The quantitative estimate of drug-likeness (QED) is 0.383. The summed E-state index contributed by atoms with van der Waals surface area (Å²) in [6.45, 7) is 2.09. The number of unbranched alkanes of at least 4 members (excludes halogenated alkanes) is 2. The Kier molecular flexibility index (Phi) is 6.48. The van der Waals surface area contributed by atoms with Gasteiger partial charge in [-0.3, -0.25) is 0 Å². The fourth-order valence-electron chi connectivity index (χ4n) is 1.33. The molecule has 0 amide bonds. The van der Waals surface area contributed by atoms with Crippen LogP contribution in [-0.4, -0.2) is 18.2 Å². The molecule has 1 rings (SSSR count). The number of rotatable bonds is 5. The maximum Gasteiger partial charge on any atom is 0.330 e. The van der Waals surface area contributed by atoms with E-state index in [4.69, 9.17) is 4.42 Å². The number of aliphatic hydroxyl groups excluding tert-OH is 1. The smallest absolute Gasteiger partial charge is 0.330 e. The van der Waals surface area contributed by atoms with Crippen molar-refractivity contribution in [2.45, 2.75) is 32.3 Å². The van der Waals surface area contributed by atoms with E-state index in [1.54, 1.807) is 12.1 Å². The number of esters is 1. The highest BCUT2D eigenvalue weighted by Gasteiger charge is 2.08. The molecule has 0 aliphatic carbocycles. The maximum atomic E-state index is 10.9. The van der Waals surface area contributed by atoms with Crippen molar-refractivity contribution >= 4 is 12.0 Å². The highest BCUT2D eigenvalue weighted by atomic mass is 16.5. The third-order valence-electron chi connectivity index (χ3n) is 2.40. The van der Waals surface area contributed by atoms with Crippen LogP contribution in [0.15, 0.2) is 22.6 Å². The fraction of sp³-hybridized carbons (Fsp3) is 0.400. The fourth-order valence-corrected chi connectivity index (χ4v) is 1.33. The lowest BCUT2D eigenvalue weighted by Crippen LogP contribution is -1.93. The van der Waals surface area contributed by atoms with Crippen molar-refractivity contribution in [3.63, 3.8) is 0 Å². The van der Waals surface area contributed by atoms with Crippen LogP contribution in [0.5, 0.6) is 0 Å². The average molecular weight is 262 g/mol. The van der Waals surface area contributed by atoms with E-state index in [1.165, 1.54) is 19.3 Å². The largest absolute Gasteiger partial charge is 0.466 e. The van der Waals surface area contributed by atoms with Crippen LogP contribution in [0.4, 0.5) is 0 Å². The van der Waals surface area contributed by atoms with E-state index in [0.717, 1.165) is 19.3 Å². The van der Waals surface area contributed by atoms with Crippen molar-refractivity contribution in [3.8, 4) is 11.8 Å². The Morgan fingerprint density at radius 2 is 2.37 bits per heavy atom. The average Bonchev–Trinajstić information content (AvgIpc) is 2.89. The van der Waals surface area contributed by atoms with E-state index in [0.29, 0.717) is 11.5 Å². The number of hydrogen-bond donors (Lipinski definition) is 1. The summed E-state index contributed by atoms with van der Waals surface area (Å²) >= 11 is 0. The van der Waals surface area contributed by atoms with E-state index < -0.39 is 12.1 Å². The van der Waals surface area contributed by atoms with Gasteiger partial charge in [0.1, 0.15) is 11.5 Å². The predicted molar refractivity (Wildman–Crippen MR) is 72.0 cm³/mol. The van der Waals surface area contributed by atoms with Crippen molar-refractivity contribution in [3.05, 3.63) is 29.7 Å². The molecule has 4 heteroatoms. The predicted octanol–water partition coefficient (Wildman–Crippen LogP) is 2.69. The molecule has 0 aromatic carbocycles. The van der Waals surface area contributed by atoms with Gasteiger partial charge >= 0.3 is 5.97 Å². The summed E-state index contributed by atoms with van der Waals surface area (Å²) in [4.78, 5) is 10.9. The monoisotopic (exact) mass is 262 g/mol. The first kappa shape index (κ1) is 15.1. The Morgan fingerprint density at radius 1 is 1.58 bits per heavy atom. The molecule has 1 aromatic rings. The van der Waals surface area contributed by atoms with Gasteiger partial charge in [0.05, 0.1) is 7.11 Å². The minimum absolute atomic E-state index is 0.369. The number of carbonyl (C=O) groups is 1. The number of methoxy groups -OCH3 is 1.